The Kier molecular flexibility index (Phi) is 5.71. The molecule has 2 rings (SSSR count). The van der Waals surface area contributed by atoms with Crippen LogP contribution in [0.1, 0.15) is 37.6 Å². The SMILES string of the molecule is CN(C(=O)OC(C)(C)C)[C@@H]1CCN(C(=O)c2ccc(Br)c(F)c2F)C1. The molecular formula is C17H21BrF2N2O3. The predicted octanol–water partition coefficient (Wildman–Crippen LogP) is 3.81. The van der Waals surface area contributed by atoms with E-state index in [4.69, 9.17) is 4.74 Å². The number of rotatable bonds is 2. The van der Waals surface area contributed by atoms with Gasteiger partial charge in [-0.25, -0.2) is 13.6 Å². The fourth-order valence-electron chi connectivity index (χ4n) is 2.59. The van der Waals surface area contributed by atoms with Gasteiger partial charge in [0, 0.05) is 20.1 Å². The molecule has 138 valence electrons. The molecule has 8 heteroatoms. The molecule has 5 nitrogen and oxygen atoms in total. The van der Waals surface area contributed by atoms with Crippen molar-refractivity contribution < 1.29 is 23.1 Å². The summed E-state index contributed by atoms with van der Waals surface area (Å²) in [6.45, 7) is 5.91. The number of carbonyl (C=O) groups is 2. The predicted molar refractivity (Wildman–Crippen MR) is 92.4 cm³/mol. The minimum atomic E-state index is -1.18. The highest BCUT2D eigenvalue weighted by atomic mass is 79.9. The number of amides is 2. The maximum atomic E-state index is 14.0. The third-order valence-corrected chi connectivity index (χ3v) is 4.56. The molecule has 0 N–H and O–H groups in total. The van der Waals surface area contributed by atoms with Crippen molar-refractivity contribution in [3.8, 4) is 0 Å². The first-order chi connectivity index (χ1) is 11.5. The molecule has 0 unspecified atom stereocenters. The van der Waals surface area contributed by atoms with Crippen LogP contribution >= 0.6 is 15.9 Å². The highest BCUT2D eigenvalue weighted by molar-refractivity contribution is 9.10. The number of benzene rings is 1. The second-order valence-electron chi connectivity index (χ2n) is 7.01. The molecule has 1 aliphatic heterocycles. The second-order valence-corrected chi connectivity index (χ2v) is 7.86. The van der Waals surface area contributed by atoms with E-state index >= 15 is 0 Å². The summed E-state index contributed by atoms with van der Waals surface area (Å²) in [7, 11) is 1.60. The van der Waals surface area contributed by atoms with Crippen LogP contribution in [0.2, 0.25) is 0 Å². The maximum Gasteiger partial charge on any atom is 0.410 e. The van der Waals surface area contributed by atoms with Gasteiger partial charge in [-0.15, -0.1) is 0 Å². The molecular weight excluding hydrogens is 398 g/mol. The molecule has 25 heavy (non-hydrogen) atoms. The van der Waals surface area contributed by atoms with E-state index in [-0.39, 0.29) is 22.6 Å². The van der Waals surface area contributed by atoms with Crippen LogP contribution in [0.15, 0.2) is 16.6 Å². The summed E-state index contributed by atoms with van der Waals surface area (Å²) < 4.78 is 32.9. The molecule has 1 aromatic rings. The van der Waals surface area contributed by atoms with E-state index in [0.717, 1.165) is 0 Å². The van der Waals surface area contributed by atoms with Crippen molar-refractivity contribution in [1.82, 2.24) is 9.80 Å². The van der Waals surface area contributed by atoms with Crippen molar-refractivity contribution in [3.63, 3.8) is 0 Å². The summed E-state index contributed by atoms with van der Waals surface area (Å²) in [5, 5.41) is 0. The van der Waals surface area contributed by atoms with Gasteiger partial charge in [0.2, 0.25) is 0 Å². The van der Waals surface area contributed by atoms with E-state index in [1.54, 1.807) is 27.8 Å². The Bertz CT molecular complexity index is 691. The van der Waals surface area contributed by atoms with Crippen molar-refractivity contribution in [2.45, 2.75) is 38.8 Å². The fraction of sp³-hybridized carbons (Fsp3) is 0.529. The monoisotopic (exact) mass is 418 g/mol. The lowest BCUT2D eigenvalue weighted by Crippen LogP contribution is -2.42. The van der Waals surface area contributed by atoms with Crippen LogP contribution in [0.3, 0.4) is 0 Å². The third kappa shape index (κ3) is 4.48. The number of likely N-dealkylation sites (tertiary alicyclic amines) is 1. The average molecular weight is 419 g/mol. The largest absolute Gasteiger partial charge is 0.444 e. The Morgan fingerprint density at radius 3 is 2.52 bits per heavy atom. The molecule has 0 aliphatic carbocycles. The van der Waals surface area contributed by atoms with Crippen molar-refractivity contribution >= 4 is 27.9 Å². The molecule has 0 spiro atoms. The Labute approximate surface area is 154 Å². The molecule has 0 bridgehead atoms. The highest BCUT2D eigenvalue weighted by Gasteiger charge is 2.34. The number of halogens is 3. The minimum absolute atomic E-state index is 0.0366. The summed E-state index contributed by atoms with van der Waals surface area (Å²) >= 11 is 2.88. The van der Waals surface area contributed by atoms with Crippen LogP contribution in [0, 0.1) is 11.6 Å². The third-order valence-electron chi connectivity index (χ3n) is 3.95. The first-order valence-corrected chi connectivity index (χ1v) is 8.69. The molecule has 1 aliphatic rings. The number of ether oxygens (including phenoxy) is 1. The van der Waals surface area contributed by atoms with Gasteiger partial charge in [0.25, 0.3) is 5.91 Å². The summed E-state index contributed by atoms with van der Waals surface area (Å²) in [5.41, 5.74) is -0.932. The first-order valence-electron chi connectivity index (χ1n) is 7.90. The molecule has 1 aromatic carbocycles. The smallest absolute Gasteiger partial charge is 0.410 e. The number of hydrogen-bond acceptors (Lipinski definition) is 3. The van der Waals surface area contributed by atoms with Gasteiger partial charge in [-0.2, -0.15) is 0 Å². The topological polar surface area (TPSA) is 49.9 Å². The lowest BCUT2D eigenvalue weighted by Gasteiger charge is -2.28. The van der Waals surface area contributed by atoms with E-state index in [1.165, 1.54) is 21.9 Å². The number of likely N-dealkylation sites (N-methyl/N-ethyl adjacent to an activating group) is 1. The van der Waals surface area contributed by atoms with Gasteiger partial charge in [0.1, 0.15) is 5.60 Å². The summed E-state index contributed by atoms with van der Waals surface area (Å²) in [6, 6.07) is 2.31. The minimum Gasteiger partial charge on any atom is -0.444 e. The summed E-state index contributed by atoms with van der Waals surface area (Å²) in [6.07, 6.45) is 0.0647. The Morgan fingerprint density at radius 2 is 1.92 bits per heavy atom. The highest BCUT2D eigenvalue weighted by Crippen LogP contribution is 2.24. The van der Waals surface area contributed by atoms with Crippen LogP contribution in [0.25, 0.3) is 0 Å². The normalized spacial score (nSPS) is 17.6. The van der Waals surface area contributed by atoms with E-state index < -0.39 is 29.2 Å². The molecule has 0 radical (unpaired) electrons. The zero-order valence-corrected chi connectivity index (χ0v) is 16.2. The van der Waals surface area contributed by atoms with E-state index in [0.29, 0.717) is 13.0 Å². The van der Waals surface area contributed by atoms with E-state index in [1.807, 2.05) is 0 Å². The van der Waals surface area contributed by atoms with Gasteiger partial charge >= 0.3 is 6.09 Å². The van der Waals surface area contributed by atoms with Crippen LogP contribution in [0.5, 0.6) is 0 Å². The van der Waals surface area contributed by atoms with E-state index in [2.05, 4.69) is 15.9 Å². The molecule has 0 aromatic heterocycles. The molecule has 0 saturated carbocycles. The quantitative estimate of drug-likeness (QED) is 0.686. The van der Waals surface area contributed by atoms with Crippen LogP contribution in [0.4, 0.5) is 13.6 Å². The number of carbonyl (C=O) groups excluding carboxylic acids is 2. The molecule has 1 heterocycles. The number of hydrogen-bond donors (Lipinski definition) is 0. The standard InChI is InChI=1S/C17H21BrF2N2O3/c1-17(2,3)25-16(24)21(4)10-7-8-22(9-10)15(23)11-5-6-12(18)14(20)13(11)19/h5-6,10H,7-9H2,1-4H3/t10-/m1/s1. The maximum absolute atomic E-state index is 14.0. The number of nitrogens with zero attached hydrogens (tertiary/aromatic N) is 2. The first kappa shape index (κ1) is 19.6. The van der Waals surface area contributed by atoms with Crippen LogP contribution < -0.4 is 0 Å². The Balaban J connectivity index is 2.06. The van der Waals surface area contributed by atoms with Gasteiger partial charge in [0.05, 0.1) is 16.1 Å². The molecule has 1 saturated heterocycles. The Morgan fingerprint density at radius 1 is 1.28 bits per heavy atom. The van der Waals surface area contributed by atoms with Crippen LogP contribution in [-0.4, -0.2) is 53.6 Å². The van der Waals surface area contributed by atoms with Gasteiger partial charge in [-0.05, 0) is 55.3 Å². The van der Waals surface area contributed by atoms with Crippen molar-refractivity contribution in [3.05, 3.63) is 33.8 Å². The summed E-state index contributed by atoms with van der Waals surface area (Å²) in [4.78, 5) is 27.4. The van der Waals surface area contributed by atoms with Gasteiger partial charge in [-0.1, -0.05) is 0 Å². The zero-order chi connectivity index (χ0) is 18.9. The van der Waals surface area contributed by atoms with Gasteiger partial charge < -0.3 is 14.5 Å². The van der Waals surface area contributed by atoms with Crippen molar-refractivity contribution in [2.24, 2.45) is 0 Å². The average Bonchev–Trinajstić information content (AvgIpc) is 2.99. The van der Waals surface area contributed by atoms with Crippen molar-refractivity contribution in [2.75, 3.05) is 20.1 Å². The van der Waals surface area contributed by atoms with Crippen molar-refractivity contribution in [1.29, 1.82) is 0 Å². The molecule has 1 fully saturated rings. The molecule has 1 atom stereocenters. The summed E-state index contributed by atoms with van der Waals surface area (Å²) in [5.74, 6) is -2.86. The van der Waals surface area contributed by atoms with Gasteiger partial charge in [0.15, 0.2) is 11.6 Å². The van der Waals surface area contributed by atoms with E-state index in [9.17, 15) is 18.4 Å². The Hall–Kier alpha value is -1.70. The fourth-order valence-corrected chi connectivity index (χ4v) is 2.89. The second kappa shape index (κ2) is 7.27. The van der Waals surface area contributed by atoms with Crippen LogP contribution in [-0.2, 0) is 4.74 Å². The molecule has 2 amide bonds. The van der Waals surface area contributed by atoms with Gasteiger partial charge in [-0.3, -0.25) is 4.79 Å². The zero-order valence-electron chi connectivity index (χ0n) is 14.6. The lowest BCUT2D eigenvalue weighted by molar-refractivity contribution is 0.0226. The lowest BCUT2D eigenvalue weighted by atomic mass is 10.2.